The highest BCUT2D eigenvalue weighted by Gasteiger charge is 2.36. The van der Waals surface area contributed by atoms with E-state index in [9.17, 15) is 4.39 Å². The summed E-state index contributed by atoms with van der Waals surface area (Å²) in [5.74, 6) is 0.868. The Labute approximate surface area is 163 Å². The third kappa shape index (κ3) is 3.49. The van der Waals surface area contributed by atoms with E-state index in [1.54, 1.807) is 23.0 Å². The highest BCUT2D eigenvalue weighted by molar-refractivity contribution is 5.85. The molecule has 0 spiro atoms. The summed E-state index contributed by atoms with van der Waals surface area (Å²) in [6.45, 7) is 4.14. The Kier molecular flexibility index (Phi) is 5.35. The molecule has 4 rings (SSSR count). The lowest BCUT2D eigenvalue weighted by Gasteiger charge is -2.17. The van der Waals surface area contributed by atoms with Gasteiger partial charge in [0.25, 0.3) is 5.89 Å². The smallest absolute Gasteiger partial charge is 0.261 e. The molecule has 2 N–H and O–H groups in total. The summed E-state index contributed by atoms with van der Waals surface area (Å²) in [5, 5.41) is 8.62. The van der Waals surface area contributed by atoms with Gasteiger partial charge in [0, 0.05) is 0 Å². The minimum Gasteiger partial charge on any atom is -0.334 e. The Morgan fingerprint density at radius 1 is 1.19 bits per heavy atom. The molecule has 0 bridgehead atoms. The van der Waals surface area contributed by atoms with Crippen molar-refractivity contribution in [3.63, 3.8) is 0 Å². The zero-order valence-electron chi connectivity index (χ0n) is 15.4. The van der Waals surface area contributed by atoms with Gasteiger partial charge in [-0.15, -0.1) is 12.4 Å². The van der Waals surface area contributed by atoms with E-state index in [0.29, 0.717) is 11.7 Å². The van der Waals surface area contributed by atoms with Crippen LogP contribution in [0.5, 0.6) is 0 Å². The van der Waals surface area contributed by atoms with Crippen molar-refractivity contribution in [1.82, 2.24) is 19.9 Å². The number of benzene rings is 1. The predicted octanol–water partition coefficient (Wildman–Crippen LogP) is 4.33. The summed E-state index contributed by atoms with van der Waals surface area (Å²) in [5.41, 5.74) is 8.45. The first-order chi connectivity index (χ1) is 12.5. The van der Waals surface area contributed by atoms with Crippen molar-refractivity contribution in [2.45, 2.75) is 51.0 Å². The Bertz CT molecular complexity index is 913. The summed E-state index contributed by atoms with van der Waals surface area (Å²) < 4.78 is 20.6. The van der Waals surface area contributed by atoms with E-state index in [4.69, 9.17) is 10.3 Å². The summed E-state index contributed by atoms with van der Waals surface area (Å²) in [6.07, 6.45) is 5.63. The number of rotatable bonds is 4. The van der Waals surface area contributed by atoms with Crippen LogP contribution >= 0.6 is 12.4 Å². The average molecular weight is 392 g/mol. The van der Waals surface area contributed by atoms with Gasteiger partial charge in [0.2, 0.25) is 0 Å². The van der Waals surface area contributed by atoms with Gasteiger partial charge >= 0.3 is 0 Å². The zero-order chi connectivity index (χ0) is 18.3. The van der Waals surface area contributed by atoms with Gasteiger partial charge in [-0.1, -0.05) is 31.8 Å². The number of nitrogens with zero attached hydrogens (tertiary/aromatic N) is 4. The van der Waals surface area contributed by atoms with Crippen molar-refractivity contribution in [3.8, 4) is 17.1 Å². The molecule has 1 aliphatic rings. The fourth-order valence-corrected chi connectivity index (χ4v) is 3.63. The Hall–Kier alpha value is -2.25. The van der Waals surface area contributed by atoms with E-state index in [1.807, 2.05) is 0 Å². The second-order valence-corrected chi connectivity index (χ2v) is 7.27. The van der Waals surface area contributed by atoms with Crippen LogP contribution in [0.15, 0.2) is 35.0 Å². The van der Waals surface area contributed by atoms with Crippen molar-refractivity contribution in [3.05, 3.63) is 47.8 Å². The van der Waals surface area contributed by atoms with Crippen LogP contribution in [-0.2, 0) is 5.54 Å². The lowest BCUT2D eigenvalue weighted by molar-refractivity contribution is 0.372. The van der Waals surface area contributed by atoms with Gasteiger partial charge in [0.15, 0.2) is 5.82 Å². The monoisotopic (exact) mass is 391 g/mol. The number of aromatic nitrogens is 4. The second-order valence-electron chi connectivity index (χ2n) is 7.27. The van der Waals surface area contributed by atoms with E-state index in [0.717, 1.165) is 42.6 Å². The van der Waals surface area contributed by atoms with E-state index in [2.05, 4.69) is 29.1 Å². The van der Waals surface area contributed by atoms with Crippen molar-refractivity contribution in [2.24, 2.45) is 5.73 Å². The minimum absolute atomic E-state index is 0. The molecule has 6 nitrogen and oxygen atoms in total. The highest BCUT2D eigenvalue weighted by Crippen LogP contribution is 2.36. The molecule has 1 saturated carbocycles. The number of nitrogens with two attached hydrogens (primary N) is 1. The molecule has 8 heteroatoms. The SMILES string of the molecule is CC(C)c1c(-c2nc(C3(N)CCCC3)no2)cnn1-c1ccc(F)cc1.Cl. The van der Waals surface area contributed by atoms with Crippen LogP contribution in [0.3, 0.4) is 0 Å². The molecule has 0 amide bonds. The molecule has 2 heterocycles. The van der Waals surface area contributed by atoms with Crippen LogP contribution < -0.4 is 5.73 Å². The van der Waals surface area contributed by atoms with Crippen LogP contribution in [0, 0.1) is 5.82 Å². The molecule has 1 aliphatic carbocycles. The molecule has 0 saturated heterocycles. The molecule has 0 aliphatic heterocycles. The van der Waals surface area contributed by atoms with Crippen molar-refractivity contribution in [2.75, 3.05) is 0 Å². The van der Waals surface area contributed by atoms with Gasteiger partial charge in [-0.3, -0.25) is 0 Å². The second kappa shape index (κ2) is 7.40. The molecule has 1 fully saturated rings. The molecular formula is C19H23ClFN5O. The van der Waals surface area contributed by atoms with Crippen LogP contribution in [0.4, 0.5) is 4.39 Å². The standard InChI is InChI=1S/C19H22FN5O.ClH/c1-12(2)16-15(11-22-25(16)14-7-5-13(20)6-8-14)17-23-18(24-26-17)19(21)9-3-4-10-19;/h5-8,11-12H,3-4,9-10,21H2,1-2H3;1H. The number of hydrogen-bond donors (Lipinski definition) is 1. The van der Waals surface area contributed by atoms with Crippen molar-refractivity contribution < 1.29 is 8.91 Å². The number of halogens is 2. The topological polar surface area (TPSA) is 82.8 Å². The maximum Gasteiger partial charge on any atom is 0.261 e. The molecular weight excluding hydrogens is 369 g/mol. The zero-order valence-corrected chi connectivity index (χ0v) is 16.2. The first kappa shape index (κ1) is 19.5. The van der Waals surface area contributed by atoms with Gasteiger partial charge in [-0.25, -0.2) is 9.07 Å². The molecule has 2 aromatic heterocycles. The third-order valence-electron chi connectivity index (χ3n) is 5.02. The first-order valence-corrected chi connectivity index (χ1v) is 8.95. The summed E-state index contributed by atoms with van der Waals surface area (Å²) in [4.78, 5) is 4.58. The van der Waals surface area contributed by atoms with Crippen LogP contribution in [0.1, 0.15) is 57.0 Å². The van der Waals surface area contributed by atoms with E-state index in [-0.39, 0.29) is 24.1 Å². The van der Waals surface area contributed by atoms with Crippen molar-refractivity contribution in [1.29, 1.82) is 0 Å². The molecule has 0 unspecified atom stereocenters. The Morgan fingerprint density at radius 3 is 2.48 bits per heavy atom. The Balaban J connectivity index is 0.00000210. The van der Waals surface area contributed by atoms with E-state index in [1.165, 1.54) is 12.1 Å². The minimum atomic E-state index is -0.493. The van der Waals surface area contributed by atoms with Gasteiger partial charge in [-0.05, 0) is 43.0 Å². The fourth-order valence-electron chi connectivity index (χ4n) is 3.63. The molecule has 27 heavy (non-hydrogen) atoms. The largest absolute Gasteiger partial charge is 0.334 e. The summed E-state index contributed by atoms with van der Waals surface area (Å²) >= 11 is 0. The molecule has 3 aromatic rings. The molecule has 0 radical (unpaired) electrons. The molecule has 144 valence electrons. The number of hydrogen-bond acceptors (Lipinski definition) is 5. The van der Waals surface area contributed by atoms with Crippen molar-refractivity contribution >= 4 is 12.4 Å². The third-order valence-corrected chi connectivity index (χ3v) is 5.02. The van der Waals surface area contributed by atoms with E-state index >= 15 is 0 Å². The quantitative estimate of drug-likeness (QED) is 0.715. The normalized spacial score (nSPS) is 15.9. The fraction of sp³-hybridized carbons (Fsp3) is 0.421. The van der Waals surface area contributed by atoms with Gasteiger partial charge in [0.1, 0.15) is 5.82 Å². The van der Waals surface area contributed by atoms with Gasteiger partial charge in [0.05, 0.1) is 28.7 Å². The van der Waals surface area contributed by atoms with Crippen LogP contribution in [0.2, 0.25) is 0 Å². The highest BCUT2D eigenvalue weighted by atomic mass is 35.5. The average Bonchev–Trinajstić information content (AvgIpc) is 3.34. The Morgan fingerprint density at radius 2 is 1.85 bits per heavy atom. The maximum absolute atomic E-state index is 13.2. The first-order valence-electron chi connectivity index (χ1n) is 8.95. The van der Waals surface area contributed by atoms with Crippen LogP contribution in [-0.4, -0.2) is 19.9 Å². The molecule has 1 aromatic carbocycles. The van der Waals surface area contributed by atoms with E-state index < -0.39 is 5.54 Å². The van der Waals surface area contributed by atoms with Gasteiger partial charge < -0.3 is 10.3 Å². The lowest BCUT2D eigenvalue weighted by atomic mass is 9.98. The summed E-state index contributed by atoms with van der Waals surface area (Å²) in [7, 11) is 0. The van der Waals surface area contributed by atoms with Gasteiger partial charge in [-0.2, -0.15) is 10.1 Å². The molecule has 0 atom stereocenters. The van der Waals surface area contributed by atoms with Crippen LogP contribution in [0.25, 0.3) is 17.1 Å². The predicted molar refractivity (Wildman–Crippen MR) is 102 cm³/mol. The summed E-state index contributed by atoms with van der Waals surface area (Å²) in [6, 6.07) is 6.24. The maximum atomic E-state index is 13.2. The lowest BCUT2D eigenvalue weighted by Crippen LogP contribution is -2.34.